The summed E-state index contributed by atoms with van der Waals surface area (Å²) in [5, 5.41) is 49.4. The Hall–Kier alpha value is -6.56. The first-order chi connectivity index (χ1) is 33.1. The Bertz CT molecular complexity index is 1980. The molecule has 0 saturated heterocycles. The fourth-order valence-electron chi connectivity index (χ4n) is 5.94. The number of nitrogens with two attached hydrogens (primary N) is 3. The zero-order valence-electron chi connectivity index (χ0n) is 38.5. The summed E-state index contributed by atoms with van der Waals surface area (Å²) in [5.41, 5.74) is 16.8. The van der Waals surface area contributed by atoms with E-state index in [-0.39, 0.29) is 19.3 Å². The quantitative estimate of drug-likeness (QED) is 0.0225. The van der Waals surface area contributed by atoms with Gasteiger partial charge in [-0.15, -0.1) is 0 Å². The van der Waals surface area contributed by atoms with Crippen molar-refractivity contribution >= 4 is 95.4 Å². The molecule has 1 rings (SSSR count). The van der Waals surface area contributed by atoms with E-state index in [2.05, 4.69) is 60.5 Å². The van der Waals surface area contributed by atoms with Gasteiger partial charge >= 0.3 is 11.9 Å². The molecule has 0 bridgehead atoms. The van der Waals surface area contributed by atoms with Crippen LogP contribution in [0.2, 0.25) is 0 Å². The average Bonchev–Trinajstić information content (AvgIpc) is 3.30. The number of carboxylic acids is 2. The molecule has 390 valence electrons. The van der Waals surface area contributed by atoms with Gasteiger partial charge in [0.05, 0.1) is 38.6 Å². The molecule has 0 fully saturated rings. The number of primary amides is 1. The van der Waals surface area contributed by atoms with Crippen molar-refractivity contribution in [3.05, 3.63) is 35.9 Å². The zero-order chi connectivity index (χ0) is 52.9. The second-order valence-electron chi connectivity index (χ2n) is 15.5. The maximum Gasteiger partial charge on any atom is 0.326 e. The van der Waals surface area contributed by atoms with E-state index in [1.54, 1.807) is 36.6 Å². The van der Waals surface area contributed by atoms with Crippen molar-refractivity contribution in [2.45, 2.75) is 100 Å². The second kappa shape index (κ2) is 33.1. The molecule has 0 aromatic heterocycles. The van der Waals surface area contributed by atoms with Crippen molar-refractivity contribution in [2.24, 2.45) is 17.2 Å². The number of carboxylic acid groups (broad SMARTS) is 2. The summed E-state index contributed by atoms with van der Waals surface area (Å²) in [6, 6.07) is -4.07. The number of carbonyl (C=O) groups excluding carboxylic acids is 10. The van der Waals surface area contributed by atoms with Crippen molar-refractivity contribution in [1.82, 2.24) is 47.9 Å². The molecule has 0 heterocycles. The van der Waals surface area contributed by atoms with Gasteiger partial charge in [-0.25, -0.2) is 4.79 Å². The lowest BCUT2D eigenvalue weighted by atomic mass is 10.0. The highest BCUT2D eigenvalue weighted by atomic mass is 32.2. The number of aliphatic hydroxyl groups excluding tert-OH is 1. The molecule has 0 aliphatic heterocycles. The monoisotopic (exact) mass is 1030 g/mol. The molecular weight excluding hydrogens is 965 g/mol. The van der Waals surface area contributed by atoms with Crippen molar-refractivity contribution < 1.29 is 72.9 Å². The third-order valence-corrected chi connectivity index (χ3v) is 10.7. The van der Waals surface area contributed by atoms with Gasteiger partial charge in [0, 0.05) is 12.2 Å². The number of nitrogens with one attached hydrogen (secondary N) is 9. The second-order valence-corrected chi connectivity index (χ2v) is 16.8. The van der Waals surface area contributed by atoms with Gasteiger partial charge < -0.3 is 80.4 Å². The lowest BCUT2D eigenvalue weighted by molar-refractivity contribution is -0.142. The fourth-order valence-corrected chi connectivity index (χ4v) is 6.67. The van der Waals surface area contributed by atoms with E-state index < -0.39 is 158 Å². The number of hydrogen-bond acceptors (Lipinski definition) is 17. The summed E-state index contributed by atoms with van der Waals surface area (Å²) in [4.78, 5) is 153. The highest BCUT2D eigenvalue weighted by Crippen LogP contribution is 2.08. The molecule has 1 aromatic rings. The van der Waals surface area contributed by atoms with Crippen LogP contribution < -0.4 is 65.1 Å². The Kier molecular flexibility index (Phi) is 29.0. The van der Waals surface area contributed by atoms with Crippen LogP contribution in [0.1, 0.15) is 51.0 Å². The van der Waals surface area contributed by atoms with Crippen molar-refractivity contribution in [2.75, 3.05) is 44.0 Å². The molecule has 10 amide bonds. The lowest BCUT2D eigenvalue weighted by Crippen LogP contribution is -2.61. The summed E-state index contributed by atoms with van der Waals surface area (Å²) in [6.07, 6.45) is 0.685. The van der Waals surface area contributed by atoms with Gasteiger partial charge in [-0.1, -0.05) is 30.3 Å². The molecule has 70 heavy (non-hydrogen) atoms. The van der Waals surface area contributed by atoms with E-state index in [0.29, 0.717) is 30.7 Å². The summed E-state index contributed by atoms with van der Waals surface area (Å²) in [5.74, 6) is -13.1. The van der Waals surface area contributed by atoms with E-state index in [1.165, 1.54) is 18.7 Å². The van der Waals surface area contributed by atoms with Crippen LogP contribution in [0.3, 0.4) is 0 Å². The van der Waals surface area contributed by atoms with E-state index in [9.17, 15) is 72.9 Å². The minimum Gasteiger partial charge on any atom is -0.481 e. The predicted molar refractivity (Wildman–Crippen MR) is 254 cm³/mol. The highest BCUT2D eigenvalue weighted by molar-refractivity contribution is 7.98. The summed E-state index contributed by atoms with van der Waals surface area (Å²) in [6.45, 7) is -0.741. The number of aliphatic hydroxyl groups is 1. The molecule has 0 saturated carbocycles. The highest BCUT2D eigenvalue weighted by Gasteiger charge is 2.34. The van der Waals surface area contributed by atoms with Gasteiger partial charge in [0.1, 0.15) is 42.3 Å². The first-order valence-electron chi connectivity index (χ1n) is 21.7. The zero-order valence-corrected chi connectivity index (χ0v) is 40.2. The van der Waals surface area contributed by atoms with Gasteiger partial charge in [0.2, 0.25) is 59.1 Å². The first-order valence-corrected chi connectivity index (χ1v) is 23.7. The lowest BCUT2D eigenvalue weighted by Gasteiger charge is -2.26. The Balaban J connectivity index is 3.21. The van der Waals surface area contributed by atoms with Crippen molar-refractivity contribution in [3.63, 3.8) is 0 Å². The molecule has 27 nitrogen and oxygen atoms in total. The average molecular weight is 1030 g/mol. The molecule has 8 atom stereocenters. The largest absolute Gasteiger partial charge is 0.481 e. The molecule has 0 aliphatic rings. The molecule has 0 unspecified atom stereocenters. The van der Waals surface area contributed by atoms with Crippen molar-refractivity contribution in [3.8, 4) is 0 Å². The van der Waals surface area contributed by atoms with Crippen LogP contribution in [0.15, 0.2) is 30.3 Å². The van der Waals surface area contributed by atoms with E-state index in [0.717, 1.165) is 0 Å². The third kappa shape index (κ3) is 24.1. The summed E-state index contributed by atoms with van der Waals surface area (Å²) < 4.78 is 0. The molecule has 29 heteroatoms. The minimum atomic E-state index is -1.94. The molecule has 18 N–H and O–H groups in total. The Morgan fingerprint density at radius 3 is 1.67 bits per heavy atom. The number of hydrogen-bond donors (Lipinski definition) is 16. The third-order valence-electron chi connectivity index (χ3n) is 9.70. The van der Waals surface area contributed by atoms with Crippen LogP contribution in [-0.4, -0.2) is 179 Å². The van der Waals surface area contributed by atoms with Crippen LogP contribution in [0.5, 0.6) is 0 Å². The van der Waals surface area contributed by atoms with Gasteiger partial charge in [-0.05, 0) is 56.7 Å². The van der Waals surface area contributed by atoms with Crippen LogP contribution in [0.4, 0.5) is 0 Å². The maximum absolute atomic E-state index is 13.8. The number of unbranched alkanes of at least 4 members (excludes halogenated alkanes) is 1. The Morgan fingerprint density at radius 2 is 1.13 bits per heavy atom. The molecule has 0 radical (unpaired) electrons. The number of carbonyl (C=O) groups is 12. The minimum absolute atomic E-state index is 0.0844. The first kappa shape index (κ1) is 61.5. The van der Waals surface area contributed by atoms with Crippen LogP contribution >= 0.6 is 24.4 Å². The van der Waals surface area contributed by atoms with E-state index >= 15 is 0 Å². The molecule has 1 aromatic carbocycles. The Labute approximate surface area is 412 Å². The smallest absolute Gasteiger partial charge is 0.326 e. The predicted octanol–water partition coefficient (Wildman–Crippen LogP) is -6.56. The van der Waals surface area contributed by atoms with Crippen LogP contribution in [0, 0.1) is 0 Å². The SMILES string of the molecule is CSCC[C@H](NC(=O)[C@H](C)N)C(=O)N[C@@H](CO)C(=O)N[C@@H](CS)C(=O)N[C@@H](CC(=O)O)C(=O)N[C@@H](Cc1ccccc1)C(=O)N[C@@H](CC(N)=O)C(=O)NCC(=O)NCC(=O)N[C@@H](CCCCN)C(=O)O. The molecular formula is C41H64N12O15S2. The van der Waals surface area contributed by atoms with Gasteiger partial charge in [-0.3, -0.25) is 52.7 Å². The fraction of sp³-hybridized carbons (Fsp3) is 0.561. The topological polar surface area (TPSA) is 452 Å². The molecule has 0 aliphatic carbocycles. The standard InChI is InChI=1S/C41H64N12O15S2/c1-21(43)34(60)48-23(11-13-70-2)36(62)52-28(19-54)39(65)53-29(20-69)40(66)51-27(16-33(58)59)38(64)49-25(14-22-8-4-3-5-9-22)37(63)50-26(15-30(44)55)35(61)46-17-31(56)45-18-32(57)47-24(41(67)68)10-6-7-12-42/h3-5,8-9,21,23-29,54,69H,6-7,10-20,42-43H2,1-2H3,(H2,44,55)(H,45,56)(H,46,61)(H,47,57)(H,48,60)(H,49,64)(H,50,63)(H,51,66)(H,52,62)(H,53,65)(H,58,59)(H,67,68)/t21-,23-,24-,25-,26-,27-,28-,29-/m0/s1. The van der Waals surface area contributed by atoms with Gasteiger partial charge in [0.15, 0.2) is 0 Å². The number of rotatable bonds is 34. The van der Waals surface area contributed by atoms with Crippen LogP contribution in [-0.2, 0) is 64.0 Å². The van der Waals surface area contributed by atoms with Crippen molar-refractivity contribution in [1.29, 1.82) is 0 Å². The van der Waals surface area contributed by atoms with Gasteiger partial charge in [0.25, 0.3) is 0 Å². The number of amides is 10. The summed E-state index contributed by atoms with van der Waals surface area (Å²) in [7, 11) is 0. The number of benzene rings is 1. The number of thioether (sulfide) groups is 1. The van der Waals surface area contributed by atoms with E-state index in [4.69, 9.17) is 17.2 Å². The maximum atomic E-state index is 13.8. The van der Waals surface area contributed by atoms with Gasteiger partial charge in [-0.2, -0.15) is 24.4 Å². The molecule has 0 spiro atoms. The van der Waals surface area contributed by atoms with E-state index in [1.807, 2.05) is 0 Å². The van der Waals surface area contributed by atoms with Crippen LogP contribution in [0.25, 0.3) is 0 Å². The number of aliphatic carboxylic acids is 2. The Morgan fingerprint density at radius 1 is 0.614 bits per heavy atom. The summed E-state index contributed by atoms with van der Waals surface area (Å²) >= 11 is 5.43. The normalized spacial score (nSPS) is 14.2. The number of thiol groups is 1.